The van der Waals surface area contributed by atoms with Gasteiger partial charge in [0.15, 0.2) is 11.5 Å². The summed E-state index contributed by atoms with van der Waals surface area (Å²) in [7, 11) is 1.66. The number of imidazole rings is 1. The van der Waals surface area contributed by atoms with Crippen molar-refractivity contribution >= 4 is 34.4 Å². The molecule has 9 nitrogen and oxygen atoms in total. The number of rotatable bonds is 5. The van der Waals surface area contributed by atoms with Crippen molar-refractivity contribution in [1.82, 2.24) is 29.5 Å². The number of anilines is 2. The van der Waals surface area contributed by atoms with Gasteiger partial charge in [-0.3, -0.25) is 4.90 Å². The molecule has 0 amide bonds. The van der Waals surface area contributed by atoms with Crippen LogP contribution in [-0.4, -0.2) is 48.4 Å². The number of fused-ring (bicyclic) bond motifs is 3. The SMILES string of the molecule is COCN1c2cc(Cn3cnc4ncnc([C@H](C)O)c43)ccc2Sc2nccnc21. The molecule has 1 aromatic carbocycles. The van der Waals surface area contributed by atoms with Gasteiger partial charge in [-0.25, -0.2) is 24.9 Å². The smallest absolute Gasteiger partial charge is 0.181 e. The van der Waals surface area contributed by atoms with E-state index < -0.39 is 6.10 Å². The largest absolute Gasteiger partial charge is 0.387 e. The van der Waals surface area contributed by atoms with Crippen molar-refractivity contribution < 1.29 is 9.84 Å². The standard InChI is InChI=1S/C20H19N7O2S/c1-12(28)16-17-18(24-9-23-16)25-10-26(17)8-13-3-4-15-14(7-13)27(11-29-2)19-20(30-15)22-6-5-21-19/h3-7,9-10,12,28H,8,11H2,1-2H3/t12-/m0/s1. The van der Waals surface area contributed by atoms with Crippen molar-refractivity contribution in [3.8, 4) is 0 Å². The first-order valence-corrected chi connectivity index (χ1v) is 10.2. The summed E-state index contributed by atoms with van der Waals surface area (Å²) < 4.78 is 7.39. The van der Waals surface area contributed by atoms with E-state index in [1.54, 1.807) is 44.5 Å². The number of aliphatic hydroxyl groups is 1. The molecular weight excluding hydrogens is 402 g/mol. The minimum Gasteiger partial charge on any atom is -0.387 e. The van der Waals surface area contributed by atoms with Crippen molar-refractivity contribution in [2.24, 2.45) is 0 Å². The monoisotopic (exact) mass is 421 g/mol. The van der Waals surface area contributed by atoms with Gasteiger partial charge in [-0.2, -0.15) is 0 Å². The molecule has 30 heavy (non-hydrogen) atoms. The summed E-state index contributed by atoms with van der Waals surface area (Å²) in [6.07, 6.45) is 5.83. The average Bonchev–Trinajstić information content (AvgIpc) is 3.17. The number of ether oxygens (including phenoxy) is 1. The van der Waals surface area contributed by atoms with E-state index in [4.69, 9.17) is 4.74 Å². The fourth-order valence-electron chi connectivity index (χ4n) is 3.57. The van der Waals surface area contributed by atoms with Gasteiger partial charge in [0, 0.05) is 30.9 Å². The van der Waals surface area contributed by atoms with Gasteiger partial charge in [-0.05, 0) is 24.6 Å². The van der Waals surface area contributed by atoms with Gasteiger partial charge in [-0.15, -0.1) is 0 Å². The molecule has 3 aromatic heterocycles. The number of benzene rings is 1. The third-order valence-corrected chi connectivity index (χ3v) is 5.91. The maximum absolute atomic E-state index is 10.1. The second-order valence-corrected chi connectivity index (χ2v) is 7.95. The summed E-state index contributed by atoms with van der Waals surface area (Å²) in [4.78, 5) is 24.9. The summed E-state index contributed by atoms with van der Waals surface area (Å²) in [6.45, 7) is 2.63. The highest BCUT2D eigenvalue weighted by atomic mass is 32.2. The third kappa shape index (κ3) is 3.18. The van der Waals surface area contributed by atoms with Crippen LogP contribution in [0.4, 0.5) is 11.5 Å². The van der Waals surface area contributed by atoms with Gasteiger partial charge < -0.3 is 14.4 Å². The van der Waals surface area contributed by atoms with Gasteiger partial charge >= 0.3 is 0 Å². The number of methoxy groups -OCH3 is 1. The number of hydrogen-bond donors (Lipinski definition) is 1. The lowest BCUT2D eigenvalue weighted by atomic mass is 10.1. The van der Waals surface area contributed by atoms with Gasteiger partial charge in [0.2, 0.25) is 0 Å². The van der Waals surface area contributed by atoms with E-state index in [9.17, 15) is 5.11 Å². The quantitative estimate of drug-likeness (QED) is 0.521. The number of aromatic nitrogens is 6. The fraction of sp³-hybridized carbons (Fsp3) is 0.250. The first-order valence-electron chi connectivity index (χ1n) is 9.37. The van der Waals surface area contributed by atoms with Crippen molar-refractivity contribution in [2.45, 2.75) is 29.5 Å². The highest BCUT2D eigenvalue weighted by Gasteiger charge is 2.26. The molecule has 0 saturated carbocycles. The van der Waals surface area contributed by atoms with Crippen molar-refractivity contribution in [3.63, 3.8) is 0 Å². The van der Waals surface area contributed by atoms with E-state index in [1.165, 1.54) is 6.33 Å². The summed E-state index contributed by atoms with van der Waals surface area (Å²) in [5, 5.41) is 11.0. The zero-order chi connectivity index (χ0) is 20.7. The molecule has 0 fully saturated rings. The van der Waals surface area contributed by atoms with Gasteiger partial charge in [-0.1, -0.05) is 17.8 Å². The first-order chi connectivity index (χ1) is 14.7. The van der Waals surface area contributed by atoms with Gasteiger partial charge in [0.05, 0.1) is 23.8 Å². The Morgan fingerprint density at radius 1 is 1.13 bits per heavy atom. The van der Waals surface area contributed by atoms with Crippen molar-refractivity contribution in [1.29, 1.82) is 0 Å². The Hall–Kier alpha value is -3.08. The first kappa shape index (κ1) is 18.9. The molecule has 0 saturated heterocycles. The van der Waals surface area contributed by atoms with E-state index >= 15 is 0 Å². The van der Waals surface area contributed by atoms with Crippen molar-refractivity contribution in [2.75, 3.05) is 18.7 Å². The molecule has 152 valence electrons. The lowest BCUT2D eigenvalue weighted by Crippen LogP contribution is -2.24. The van der Waals surface area contributed by atoms with Crippen LogP contribution in [0.1, 0.15) is 24.3 Å². The summed E-state index contributed by atoms with van der Waals surface area (Å²) >= 11 is 1.59. The summed E-state index contributed by atoms with van der Waals surface area (Å²) in [6, 6.07) is 6.29. The maximum atomic E-state index is 10.1. The minimum absolute atomic E-state index is 0.372. The van der Waals surface area contributed by atoms with Crippen LogP contribution in [0.3, 0.4) is 0 Å². The molecule has 5 rings (SSSR count). The number of hydrogen-bond acceptors (Lipinski definition) is 9. The van der Waals surface area contributed by atoms with Crippen LogP contribution < -0.4 is 4.90 Å². The second kappa shape index (κ2) is 7.63. The zero-order valence-corrected chi connectivity index (χ0v) is 17.2. The summed E-state index contributed by atoms with van der Waals surface area (Å²) in [5.41, 5.74) is 3.96. The van der Waals surface area contributed by atoms with E-state index in [0.29, 0.717) is 24.6 Å². The summed E-state index contributed by atoms with van der Waals surface area (Å²) in [5.74, 6) is 0.784. The molecule has 10 heteroatoms. The molecule has 0 bridgehead atoms. The lowest BCUT2D eigenvalue weighted by molar-refractivity contribution is 0.195. The Morgan fingerprint density at radius 3 is 2.83 bits per heavy atom. The molecular formula is C20H19N7O2S. The Bertz CT molecular complexity index is 1230. The second-order valence-electron chi connectivity index (χ2n) is 6.91. The molecule has 1 aliphatic rings. The maximum Gasteiger partial charge on any atom is 0.181 e. The van der Waals surface area contributed by atoms with Crippen molar-refractivity contribution in [3.05, 3.63) is 54.5 Å². The molecule has 4 heterocycles. The number of nitrogens with zero attached hydrogens (tertiary/aromatic N) is 7. The van der Waals surface area contributed by atoms with Gasteiger partial charge in [0.1, 0.15) is 23.6 Å². The Labute approximate surface area is 176 Å². The predicted octanol–water partition coefficient (Wildman–Crippen LogP) is 2.92. The Kier molecular flexibility index (Phi) is 4.81. The molecule has 0 spiro atoms. The average molecular weight is 421 g/mol. The van der Waals surface area contributed by atoms with Crippen LogP contribution in [0, 0.1) is 0 Å². The third-order valence-electron chi connectivity index (χ3n) is 4.87. The highest BCUT2D eigenvalue weighted by molar-refractivity contribution is 7.99. The van der Waals surface area contributed by atoms with Crippen LogP contribution >= 0.6 is 11.8 Å². The van der Waals surface area contributed by atoms with Gasteiger partial charge in [0.25, 0.3) is 0 Å². The van der Waals surface area contributed by atoms with Crippen LogP contribution in [0.5, 0.6) is 0 Å². The molecule has 1 aliphatic heterocycles. The van der Waals surface area contributed by atoms with E-state index in [1.807, 2.05) is 9.47 Å². The van der Waals surface area contributed by atoms with Crippen LogP contribution in [0.25, 0.3) is 11.2 Å². The Morgan fingerprint density at radius 2 is 2.00 bits per heavy atom. The van der Waals surface area contributed by atoms with E-state index in [-0.39, 0.29) is 0 Å². The molecule has 1 atom stereocenters. The molecule has 4 aromatic rings. The Balaban J connectivity index is 1.55. The number of aliphatic hydroxyl groups excluding tert-OH is 1. The highest BCUT2D eigenvalue weighted by Crippen LogP contribution is 2.46. The van der Waals surface area contributed by atoms with Crippen LogP contribution in [0.15, 0.2) is 53.2 Å². The predicted molar refractivity (Wildman–Crippen MR) is 112 cm³/mol. The van der Waals surface area contributed by atoms with Crippen LogP contribution in [-0.2, 0) is 11.3 Å². The topological polar surface area (TPSA) is 102 Å². The molecule has 1 N–H and O–H groups in total. The van der Waals surface area contributed by atoms with E-state index in [2.05, 4.69) is 43.1 Å². The fourth-order valence-corrected chi connectivity index (χ4v) is 4.55. The van der Waals surface area contributed by atoms with E-state index in [0.717, 1.165) is 32.5 Å². The van der Waals surface area contributed by atoms with Crippen LogP contribution in [0.2, 0.25) is 0 Å². The minimum atomic E-state index is -0.710. The molecule has 0 unspecified atom stereocenters. The molecule has 0 aliphatic carbocycles. The normalized spacial score (nSPS) is 13.9. The molecule has 0 radical (unpaired) electrons. The lowest BCUT2D eigenvalue weighted by Gasteiger charge is -2.30. The zero-order valence-electron chi connectivity index (χ0n) is 16.4.